The molecule has 0 aromatic rings. The highest BCUT2D eigenvalue weighted by atomic mass is 32.3. The molecule has 0 heterocycles. The van der Waals surface area contributed by atoms with E-state index in [0.717, 1.165) is 0 Å². The van der Waals surface area contributed by atoms with Crippen molar-refractivity contribution in [1.82, 2.24) is 0 Å². The lowest BCUT2D eigenvalue weighted by Gasteiger charge is -2.42. The molecule has 0 radical (unpaired) electrons. The van der Waals surface area contributed by atoms with Crippen molar-refractivity contribution in [3.05, 3.63) is 0 Å². The number of ketones is 1. The van der Waals surface area contributed by atoms with E-state index in [1.54, 1.807) is 6.92 Å². The van der Waals surface area contributed by atoms with Crippen LogP contribution >= 0.6 is 0 Å². The second-order valence-corrected chi connectivity index (χ2v) is 14.0. The number of hydrogen-bond acceptors (Lipinski definition) is 4. The minimum atomic E-state index is -8.93. The summed E-state index contributed by atoms with van der Waals surface area (Å²) in [7, 11) is -7.74. The topological polar surface area (TPSA) is 60.4 Å². The first-order chi connectivity index (χ1) is 19.0. The molecule has 1 unspecified atom stereocenters. The zero-order valence-electron chi connectivity index (χ0n) is 22.8. The van der Waals surface area contributed by atoms with Crippen LogP contribution in [0.1, 0.15) is 59.8 Å². The fourth-order valence-corrected chi connectivity index (χ4v) is 6.81. The Labute approximate surface area is 242 Å². The summed E-state index contributed by atoms with van der Waals surface area (Å²) in [5.41, 5.74) is -1.22. The fourth-order valence-electron chi connectivity index (χ4n) is 3.06. The summed E-state index contributed by atoms with van der Waals surface area (Å²) in [5, 5.41) is -7.78. The van der Waals surface area contributed by atoms with E-state index in [0.29, 0.717) is 19.3 Å². The molecule has 44 heavy (non-hydrogen) atoms. The average Bonchev–Trinajstić information content (AvgIpc) is 2.78. The monoisotopic (exact) mass is 729 g/mol. The maximum Gasteiger partial charge on any atom is 0.460 e. The molecule has 23 heteroatoms. The molecule has 0 rings (SSSR count). The first kappa shape index (κ1) is 42.7. The van der Waals surface area contributed by atoms with E-state index >= 15 is 0 Å². The van der Waals surface area contributed by atoms with Gasteiger partial charge in [-0.1, -0.05) is 47.0 Å². The third kappa shape index (κ3) is 7.81. The summed E-state index contributed by atoms with van der Waals surface area (Å²) in [4.78, 5) is 12.2. The molecule has 0 aliphatic carbocycles. The fraction of sp³-hybridized carbons (Fsp3) is 0.952. The van der Waals surface area contributed by atoms with Gasteiger partial charge < -0.3 is 0 Å². The van der Waals surface area contributed by atoms with Gasteiger partial charge in [-0.15, -0.1) is 0 Å². The van der Waals surface area contributed by atoms with Gasteiger partial charge in [0.15, 0.2) is 17.0 Å². The standard InChI is InChI=1S/C21H26F17O4S2/c1-5-6-7-8-9-12(39)10-43(11-13(2,3)4)42-44(40,41)21(37,38)19(32,33)17(28,29)15(24,25)14(22,23)16(26,27)18(30,31)20(34,35)36/h5-11H2,1-4H3/q+1. The maximum atomic E-state index is 14.4. The van der Waals surface area contributed by atoms with Crippen molar-refractivity contribution in [1.29, 1.82) is 0 Å². The van der Waals surface area contributed by atoms with Gasteiger partial charge >= 0.3 is 57.1 Å². The van der Waals surface area contributed by atoms with E-state index in [9.17, 15) is 87.8 Å². The average molecular weight is 730 g/mol. The lowest BCUT2D eigenvalue weighted by molar-refractivity contribution is -0.458. The number of halogens is 17. The smallest absolute Gasteiger partial charge is 0.294 e. The van der Waals surface area contributed by atoms with Crippen LogP contribution in [0.2, 0.25) is 0 Å². The molecule has 0 saturated carbocycles. The summed E-state index contributed by atoms with van der Waals surface area (Å²) >= 11 is -2.76. The molecule has 0 aromatic carbocycles. The van der Waals surface area contributed by atoms with Crippen LogP contribution in [-0.4, -0.2) is 72.7 Å². The molecule has 0 aliphatic rings. The minimum Gasteiger partial charge on any atom is -0.294 e. The second-order valence-electron chi connectivity index (χ2n) is 10.6. The van der Waals surface area contributed by atoms with Crippen LogP contribution in [0.15, 0.2) is 0 Å². The summed E-state index contributed by atoms with van der Waals surface area (Å²) in [6.07, 6.45) is -6.42. The molecule has 0 spiro atoms. The SMILES string of the molecule is CCCCCCC(=O)C[S+](CC(C)(C)C)OS(=O)(=O)C(F)(F)C(F)(F)C(F)(F)C(F)(F)C(F)(F)C(F)(F)C(F)(F)C(F)(F)F. The zero-order chi connectivity index (χ0) is 35.8. The summed E-state index contributed by atoms with van der Waals surface area (Å²) in [6.45, 7) is 5.46. The van der Waals surface area contributed by atoms with Crippen molar-refractivity contribution in [3.63, 3.8) is 0 Å². The molecule has 0 fully saturated rings. The molecular formula is C21H26F17O4S2+. The predicted molar refractivity (Wildman–Crippen MR) is 121 cm³/mol. The van der Waals surface area contributed by atoms with Gasteiger partial charge in [0.2, 0.25) is 5.75 Å². The maximum absolute atomic E-state index is 14.4. The number of Topliss-reactive ketones (excluding diaryl/α,β-unsaturated/α-hetero) is 1. The molecule has 4 nitrogen and oxygen atoms in total. The van der Waals surface area contributed by atoms with Crippen molar-refractivity contribution in [2.75, 3.05) is 11.5 Å². The highest BCUT2D eigenvalue weighted by Gasteiger charge is 2.96. The van der Waals surface area contributed by atoms with Gasteiger partial charge in [-0.05, 0) is 10.1 Å². The first-order valence-electron chi connectivity index (χ1n) is 11.9. The van der Waals surface area contributed by atoms with Crippen LogP contribution in [0.25, 0.3) is 0 Å². The minimum absolute atomic E-state index is 0.147. The van der Waals surface area contributed by atoms with E-state index < -0.39 is 91.0 Å². The van der Waals surface area contributed by atoms with E-state index in [4.69, 9.17) is 0 Å². The molecule has 0 bridgehead atoms. The van der Waals surface area contributed by atoms with Crippen LogP contribution in [0.5, 0.6) is 0 Å². The molecule has 0 N–H and O–H groups in total. The summed E-state index contributed by atoms with van der Waals surface area (Å²) < 4.78 is 257. The molecule has 0 aliphatic heterocycles. The lowest BCUT2D eigenvalue weighted by atomic mass is 9.91. The van der Waals surface area contributed by atoms with Crippen LogP contribution in [0.3, 0.4) is 0 Å². The quantitative estimate of drug-likeness (QED) is 0.0858. The molecule has 1 atom stereocenters. The van der Waals surface area contributed by atoms with Crippen molar-refractivity contribution < 1.29 is 91.5 Å². The Kier molecular flexibility index (Phi) is 12.7. The van der Waals surface area contributed by atoms with Crippen LogP contribution in [0.4, 0.5) is 74.6 Å². The number of carbonyl (C=O) groups excluding carboxylic acids is 1. The van der Waals surface area contributed by atoms with Gasteiger partial charge in [0.1, 0.15) is 5.75 Å². The Bertz CT molecular complexity index is 1100. The Morgan fingerprint density at radius 3 is 1.36 bits per heavy atom. The Morgan fingerprint density at radius 1 is 0.614 bits per heavy atom. The van der Waals surface area contributed by atoms with Crippen LogP contribution in [-0.2, 0) is 29.7 Å². The van der Waals surface area contributed by atoms with Gasteiger partial charge in [-0.3, -0.25) is 4.79 Å². The lowest BCUT2D eigenvalue weighted by Crippen LogP contribution is -2.75. The molecular weight excluding hydrogens is 703 g/mol. The number of hydrogen-bond donors (Lipinski definition) is 0. The van der Waals surface area contributed by atoms with Crippen molar-refractivity contribution in [2.45, 2.75) is 107 Å². The number of carbonyl (C=O) groups is 1. The number of unbranched alkanes of at least 4 members (excludes halogenated alkanes) is 3. The summed E-state index contributed by atoms with van der Waals surface area (Å²) in [5.74, 6) is -55.0. The van der Waals surface area contributed by atoms with Crippen molar-refractivity contribution in [2.24, 2.45) is 5.41 Å². The van der Waals surface area contributed by atoms with Crippen molar-refractivity contribution in [3.8, 4) is 0 Å². The molecule has 264 valence electrons. The zero-order valence-corrected chi connectivity index (χ0v) is 24.5. The van der Waals surface area contributed by atoms with Crippen LogP contribution in [0, 0.1) is 5.41 Å². The number of alkyl halides is 17. The van der Waals surface area contributed by atoms with E-state index in [-0.39, 0.29) is 12.8 Å². The van der Waals surface area contributed by atoms with Gasteiger partial charge in [0, 0.05) is 11.8 Å². The molecule has 0 amide bonds. The van der Waals surface area contributed by atoms with Gasteiger partial charge in [0.05, 0.1) is 0 Å². The Balaban J connectivity index is 6.74. The van der Waals surface area contributed by atoms with Gasteiger partial charge in [-0.2, -0.15) is 83.1 Å². The van der Waals surface area contributed by atoms with Gasteiger partial charge in [0.25, 0.3) is 0 Å². The first-order valence-corrected chi connectivity index (χ1v) is 14.8. The molecule has 0 aromatic heterocycles. The highest BCUT2D eigenvalue weighted by Crippen LogP contribution is 2.64. The van der Waals surface area contributed by atoms with Crippen molar-refractivity contribution >= 4 is 27.1 Å². The third-order valence-electron chi connectivity index (χ3n) is 5.42. The summed E-state index contributed by atoms with van der Waals surface area (Å²) in [6, 6.07) is 0. The van der Waals surface area contributed by atoms with Crippen LogP contribution < -0.4 is 0 Å². The van der Waals surface area contributed by atoms with Gasteiger partial charge in [-0.25, -0.2) is 0 Å². The molecule has 0 saturated heterocycles. The Hall–Kier alpha value is -1.26. The predicted octanol–water partition coefficient (Wildman–Crippen LogP) is 8.42. The van der Waals surface area contributed by atoms with E-state index in [1.165, 1.54) is 20.8 Å². The Morgan fingerprint density at radius 2 is 1.00 bits per heavy atom. The highest BCUT2D eigenvalue weighted by molar-refractivity contribution is 8.03. The van der Waals surface area contributed by atoms with E-state index in [1.807, 2.05) is 0 Å². The van der Waals surface area contributed by atoms with E-state index in [2.05, 4.69) is 3.63 Å². The normalized spacial score (nSPS) is 16.3. The largest absolute Gasteiger partial charge is 0.460 e. The second kappa shape index (κ2) is 13.1. The third-order valence-corrected chi connectivity index (χ3v) is 9.62. The number of rotatable bonds is 17.